The lowest BCUT2D eigenvalue weighted by atomic mass is 9.89. The summed E-state index contributed by atoms with van der Waals surface area (Å²) in [5.74, 6) is 0.727. The van der Waals surface area contributed by atoms with E-state index >= 15 is 0 Å². The van der Waals surface area contributed by atoms with Gasteiger partial charge in [0.1, 0.15) is 0 Å². The summed E-state index contributed by atoms with van der Waals surface area (Å²) in [6, 6.07) is 12.7. The first-order valence-corrected chi connectivity index (χ1v) is 12.4. The van der Waals surface area contributed by atoms with Crippen LogP contribution in [0.1, 0.15) is 32.3 Å². The first-order chi connectivity index (χ1) is 10.2. The molecule has 1 aromatic carbocycles. The average Bonchev–Trinajstić information content (AvgIpc) is 2.85. The van der Waals surface area contributed by atoms with Crippen LogP contribution in [-0.2, 0) is 11.4 Å². The zero-order valence-electron chi connectivity index (χ0n) is 14.8. The fraction of sp³-hybridized carbons (Fsp3) is 0.684. The summed E-state index contributed by atoms with van der Waals surface area (Å²) in [4.78, 5) is 6.47. The Balaban J connectivity index is 1.76. The summed E-state index contributed by atoms with van der Waals surface area (Å²) >= 11 is 0. The molecule has 0 unspecified atom stereocenters. The Bertz CT molecular complexity index is 508. The highest BCUT2D eigenvalue weighted by molar-refractivity contribution is 6.76. The molecule has 1 aromatic rings. The van der Waals surface area contributed by atoms with E-state index in [1.54, 1.807) is 0 Å². The van der Waals surface area contributed by atoms with Crippen LogP contribution in [0.4, 0.5) is 0 Å². The Morgan fingerprint density at radius 1 is 1.14 bits per heavy atom. The molecule has 3 heteroatoms. The van der Waals surface area contributed by atoms with Gasteiger partial charge in [-0.05, 0) is 29.9 Å². The van der Waals surface area contributed by atoms with Gasteiger partial charge in [-0.1, -0.05) is 63.8 Å². The molecule has 122 valence electrons. The Morgan fingerprint density at radius 2 is 1.82 bits per heavy atom. The van der Waals surface area contributed by atoms with Crippen molar-refractivity contribution in [1.82, 2.24) is 5.06 Å². The third-order valence-corrected chi connectivity index (χ3v) is 6.78. The first kappa shape index (κ1) is 16.2. The third-order valence-electron chi connectivity index (χ3n) is 5.16. The zero-order chi connectivity index (χ0) is 16.0. The summed E-state index contributed by atoms with van der Waals surface area (Å²) in [7, 11) is -1.10. The molecule has 1 saturated heterocycles. The van der Waals surface area contributed by atoms with E-state index < -0.39 is 8.07 Å². The number of fused-ring (bicyclic) bond motifs is 1. The predicted octanol–water partition coefficient (Wildman–Crippen LogP) is 4.95. The standard InChI is InChI=1S/C19H31NOSi/c1-19(2)11-16-17(12-19)20(13-15-9-7-6-8-10-15)21-18(16)14-22(3,4)5/h6-10,16-18H,11-14H2,1-5H3/t16-,17+,18-/m1/s1. The van der Waals surface area contributed by atoms with Gasteiger partial charge in [0, 0.05) is 26.6 Å². The van der Waals surface area contributed by atoms with Crippen LogP contribution in [0.2, 0.25) is 25.7 Å². The van der Waals surface area contributed by atoms with Crippen molar-refractivity contribution in [3.05, 3.63) is 35.9 Å². The van der Waals surface area contributed by atoms with Crippen molar-refractivity contribution in [3.8, 4) is 0 Å². The number of hydrogen-bond donors (Lipinski definition) is 0. The molecule has 2 nitrogen and oxygen atoms in total. The van der Waals surface area contributed by atoms with Gasteiger partial charge in [0.2, 0.25) is 0 Å². The molecule has 0 N–H and O–H groups in total. The fourth-order valence-electron chi connectivity index (χ4n) is 4.31. The van der Waals surface area contributed by atoms with Gasteiger partial charge in [-0.15, -0.1) is 0 Å². The van der Waals surface area contributed by atoms with Crippen molar-refractivity contribution >= 4 is 8.07 Å². The van der Waals surface area contributed by atoms with Gasteiger partial charge in [-0.2, -0.15) is 5.06 Å². The Kier molecular flexibility index (Phi) is 4.26. The molecule has 3 rings (SSSR count). The van der Waals surface area contributed by atoms with Crippen molar-refractivity contribution in [3.63, 3.8) is 0 Å². The second-order valence-corrected chi connectivity index (χ2v) is 14.8. The number of hydroxylamine groups is 2. The average molecular weight is 318 g/mol. The van der Waals surface area contributed by atoms with Gasteiger partial charge in [0.15, 0.2) is 0 Å². The predicted molar refractivity (Wildman–Crippen MR) is 95.3 cm³/mol. The summed E-state index contributed by atoms with van der Waals surface area (Å²) in [5.41, 5.74) is 1.82. The minimum atomic E-state index is -1.10. The summed E-state index contributed by atoms with van der Waals surface area (Å²) in [5, 5.41) is 2.32. The van der Waals surface area contributed by atoms with E-state index in [1.807, 2.05) is 0 Å². The molecule has 1 aliphatic carbocycles. The van der Waals surface area contributed by atoms with E-state index in [-0.39, 0.29) is 0 Å². The van der Waals surface area contributed by atoms with Gasteiger partial charge in [-0.3, -0.25) is 4.84 Å². The number of hydrogen-bond acceptors (Lipinski definition) is 2. The van der Waals surface area contributed by atoms with Crippen molar-refractivity contribution in [2.24, 2.45) is 11.3 Å². The van der Waals surface area contributed by atoms with E-state index in [0.717, 1.165) is 12.5 Å². The molecule has 1 heterocycles. The second-order valence-electron chi connectivity index (χ2n) is 9.27. The van der Waals surface area contributed by atoms with Gasteiger partial charge < -0.3 is 0 Å². The van der Waals surface area contributed by atoms with Crippen LogP contribution < -0.4 is 0 Å². The van der Waals surface area contributed by atoms with Crippen molar-refractivity contribution in [2.75, 3.05) is 0 Å². The summed E-state index contributed by atoms with van der Waals surface area (Å²) in [6.45, 7) is 13.2. The molecule has 2 aliphatic rings. The lowest BCUT2D eigenvalue weighted by molar-refractivity contribution is -0.171. The Morgan fingerprint density at radius 3 is 2.45 bits per heavy atom. The quantitative estimate of drug-likeness (QED) is 0.729. The van der Waals surface area contributed by atoms with E-state index in [9.17, 15) is 0 Å². The minimum absolute atomic E-state index is 0.446. The summed E-state index contributed by atoms with van der Waals surface area (Å²) in [6.07, 6.45) is 3.03. The maximum Gasteiger partial charge on any atom is 0.0814 e. The molecule has 1 saturated carbocycles. The lowest BCUT2D eigenvalue weighted by Crippen LogP contribution is -2.31. The van der Waals surface area contributed by atoms with Crippen LogP contribution in [0.3, 0.4) is 0 Å². The van der Waals surface area contributed by atoms with Crippen LogP contribution in [-0.4, -0.2) is 25.3 Å². The van der Waals surface area contributed by atoms with E-state index in [1.165, 1.54) is 24.4 Å². The SMILES string of the molecule is CC1(C)C[C@H]2[C@@H](C[Si](C)(C)C)ON(Cc3ccccc3)[C@H]2C1. The van der Waals surface area contributed by atoms with E-state index in [0.29, 0.717) is 17.6 Å². The van der Waals surface area contributed by atoms with Crippen LogP contribution in [0.5, 0.6) is 0 Å². The molecule has 0 radical (unpaired) electrons. The number of nitrogens with zero attached hydrogens (tertiary/aromatic N) is 1. The second kappa shape index (κ2) is 5.77. The highest BCUT2D eigenvalue weighted by atomic mass is 28.3. The van der Waals surface area contributed by atoms with Gasteiger partial charge >= 0.3 is 0 Å². The smallest absolute Gasteiger partial charge is 0.0814 e. The molecule has 3 atom stereocenters. The van der Waals surface area contributed by atoms with Gasteiger partial charge in [-0.25, -0.2) is 0 Å². The molecule has 2 fully saturated rings. The third kappa shape index (κ3) is 3.64. The Hall–Kier alpha value is -0.643. The molecule has 22 heavy (non-hydrogen) atoms. The number of benzene rings is 1. The van der Waals surface area contributed by atoms with Crippen molar-refractivity contribution < 1.29 is 4.84 Å². The Labute approximate surface area is 136 Å². The van der Waals surface area contributed by atoms with Gasteiger partial charge in [0.25, 0.3) is 0 Å². The van der Waals surface area contributed by atoms with Gasteiger partial charge in [0.05, 0.1) is 6.10 Å². The fourth-order valence-corrected chi connectivity index (χ4v) is 5.89. The minimum Gasteiger partial charge on any atom is -0.295 e. The summed E-state index contributed by atoms with van der Waals surface area (Å²) < 4.78 is 0. The monoisotopic (exact) mass is 317 g/mol. The van der Waals surface area contributed by atoms with Crippen LogP contribution in [0, 0.1) is 11.3 Å². The molecule has 0 aromatic heterocycles. The maximum atomic E-state index is 6.47. The molecule has 0 spiro atoms. The van der Waals surface area contributed by atoms with Crippen LogP contribution in [0.25, 0.3) is 0 Å². The number of rotatable bonds is 4. The van der Waals surface area contributed by atoms with E-state index in [4.69, 9.17) is 4.84 Å². The van der Waals surface area contributed by atoms with Crippen LogP contribution >= 0.6 is 0 Å². The highest BCUT2D eigenvalue weighted by Gasteiger charge is 2.52. The van der Waals surface area contributed by atoms with E-state index in [2.05, 4.69) is 68.9 Å². The first-order valence-electron chi connectivity index (χ1n) is 8.71. The van der Waals surface area contributed by atoms with Crippen LogP contribution in [0.15, 0.2) is 30.3 Å². The highest BCUT2D eigenvalue weighted by Crippen LogP contribution is 2.51. The molecular formula is C19H31NOSi. The molecule has 1 aliphatic heterocycles. The van der Waals surface area contributed by atoms with Crippen molar-refractivity contribution in [2.45, 2.75) is 71.1 Å². The normalized spacial score (nSPS) is 31.4. The largest absolute Gasteiger partial charge is 0.295 e. The maximum absolute atomic E-state index is 6.47. The van der Waals surface area contributed by atoms with Crippen molar-refractivity contribution in [1.29, 1.82) is 0 Å². The zero-order valence-corrected chi connectivity index (χ0v) is 15.8. The topological polar surface area (TPSA) is 12.5 Å². The molecular weight excluding hydrogens is 286 g/mol. The molecule has 0 amide bonds. The molecule has 0 bridgehead atoms. The lowest BCUT2D eigenvalue weighted by Gasteiger charge is -2.28.